The molecule has 1 spiro atoms. The zero-order chi connectivity index (χ0) is 29.9. The van der Waals surface area contributed by atoms with Crippen LogP contribution in [-0.4, -0.2) is 42.5 Å². The molecule has 2 aliphatic heterocycles. The minimum absolute atomic E-state index is 0.251. The molecule has 4 aromatic carbocycles. The molecular weight excluding hydrogens is 542 g/mol. The van der Waals surface area contributed by atoms with Gasteiger partial charge in [0.15, 0.2) is 23.1 Å². The third kappa shape index (κ3) is 3.74. The van der Waals surface area contributed by atoms with Crippen molar-refractivity contribution in [1.29, 1.82) is 0 Å². The zero-order valence-electron chi connectivity index (χ0n) is 23.5. The van der Waals surface area contributed by atoms with E-state index in [9.17, 15) is 19.2 Å². The Bertz CT molecular complexity index is 1810. The molecule has 7 nitrogen and oxygen atoms in total. The van der Waals surface area contributed by atoms with Gasteiger partial charge in [0.25, 0.3) is 0 Å². The number of Topliss-reactive ketones (excluding diaryl/α,β-unsaturated/α-hetero) is 3. The van der Waals surface area contributed by atoms with Crippen LogP contribution in [0.2, 0.25) is 0 Å². The highest BCUT2D eigenvalue weighted by Crippen LogP contribution is 2.62. The van der Waals surface area contributed by atoms with Gasteiger partial charge in [0.2, 0.25) is 0 Å². The van der Waals surface area contributed by atoms with Gasteiger partial charge in [-0.05, 0) is 23.8 Å². The average molecular weight is 570 g/mol. The lowest BCUT2D eigenvalue weighted by molar-refractivity contribution is -0.131. The van der Waals surface area contributed by atoms with Crippen molar-refractivity contribution in [3.63, 3.8) is 0 Å². The van der Waals surface area contributed by atoms with Crippen LogP contribution in [0.3, 0.4) is 0 Å². The highest BCUT2D eigenvalue weighted by Gasteiger charge is 2.71. The number of methoxy groups -OCH3 is 1. The first kappa shape index (κ1) is 26.6. The minimum Gasteiger partial charge on any atom is -0.497 e. The number of carbonyl (C=O) groups excluding carboxylic acids is 4. The summed E-state index contributed by atoms with van der Waals surface area (Å²) in [6.45, 7) is 1.31. The number of benzene rings is 4. The molecule has 1 aliphatic carbocycles. The van der Waals surface area contributed by atoms with E-state index in [4.69, 9.17) is 9.47 Å². The number of fused-ring (bicyclic) bond motifs is 5. The molecule has 0 N–H and O–H groups in total. The number of carbonyl (C=O) groups is 4. The average Bonchev–Trinajstić information content (AvgIpc) is 3.47. The van der Waals surface area contributed by atoms with E-state index in [1.807, 2.05) is 41.3 Å². The molecule has 0 bridgehead atoms. The lowest BCUT2D eigenvalue weighted by Gasteiger charge is -2.37. The van der Waals surface area contributed by atoms with Crippen LogP contribution < -0.4 is 14.4 Å². The van der Waals surface area contributed by atoms with Gasteiger partial charge in [-0.3, -0.25) is 19.2 Å². The summed E-state index contributed by atoms with van der Waals surface area (Å²) in [5.74, 6) is -1.45. The Morgan fingerprint density at radius 1 is 0.791 bits per heavy atom. The maximum Gasteiger partial charge on any atom is 0.308 e. The van der Waals surface area contributed by atoms with Gasteiger partial charge in [0.1, 0.15) is 17.2 Å². The van der Waals surface area contributed by atoms with Crippen molar-refractivity contribution in [3.8, 4) is 11.5 Å². The first-order valence-corrected chi connectivity index (χ1v) is 14.1. The maximum absolute atomic E-state index is 14.8. The fourth-order valence-corrected chi connectivity index (χ4v) is 7.18. The van der Waals surface area contributed by atoms with Crippen LogP contribution in [0.15, 0.2) is 103 Å². The van der Waals surface area contributed by atoms with Crippen LogP contribution in [0.4, 0.5) is 5.69 Å². The van der Waals surface area contributed by atoms with Gasteiger partial charge >= 0.3 is 5.97 Å². The quantitative estimate of drug-likeness (QED) is 0.127. The summed E-state index contributed by atoms with van der Waals surface area (Å²) in [7, 11) is 1.56. The molecule has 0 radical (unpaired) electrons. The number of ether oxygens (including phenoxy) is 2. The summed E-state index contributed by atoms with van der Waals surface area (Å²) >= 11 is 0. The van der Waals surface area contributed by atoms with Crippen LogP contribution in [0, 0.1) is 5.41 Å². The van der Waals surface area contributed by atoms with Gasteiger partial charge < -0.3 is 14.4 Å². The van der Waals surface area contributed by atoms with E-state index in [1.54, 1.807) is 79.9 Å². The number of nitrogens with zero attached hydrogens (tertiary/aromatic N) is 1. The summed E-state index contributed by atoms with van der Waals surface area (Å²) in [4.78, 5) is 58.4. The van der Waals surface area contributed by atoms with E-state index in [0.717, 1.165) is 0 Å². The second-order valence-electron chi connectivity index (χ2n) is 11.0. The highest BCUT2D eigenvalue weighted by molar-refractivity contribution is 6.32. The molecule has 4 aromatic rings. The fraction of sp³-hybridized carbons (Fsp3) is 0.167. The van der Waals surface area contributed by atoms with Gasteiger partial charge in [-0.25, -0.2) is 0 Å². The second-order valence-corrected chi connectivity index (χ2v) is 11.0. The van der Waals surface area contributed by atoms with Crippen molar-refractivity contribution in [2.75, 3.05) is 12.0 Å². The van der Waals surface area contributed by atoms with Crippen LogP contribution in [0.1, 0.15) is 55.0 Å². The third-order valence-corrected chi connectivity index (χ3v) is 8.84. The van der Waals surface area contributed by atoms with Crippen LogP contribution in [-0.2, 0) is 4.79 Å². The standard InChI is InChI=1S/C36H27NO6/c1-21(38)43-28-14-8-11-23-17-20-29-36(34(40)26-12-6-7-13-27(26)35(36)41)30(22-15-18-25(42-2)19-16-22)32(37(29)31(23)28)33(39)24-9-4-3-5-10-24/h3-20,29-30,32H,1-2H3/t29-,30-,32+/m1/s1. The lowest BCUT2D eigenvalue weighted by atomic mass is 9.64. The van der Waals surface area contributed by atoms with E-state index in [1.165, 1.54) is 6.92 Å². The Hall–Kier alpha value is -5.30. The summed E-state index contributed by atoms with van der Waals surface area (Å²) in [6.07, 6.45) is 3.69. The number of rotatable bonds is 5. The molecule has 7 heteroatoms. The lowest BCUT2D eigenvalue weighted by Crippen LogP contribution is -2.48. The molecule has 3 aliphatic rings. The molecular formula is C36H27NO6. The highest BCUT2D eigenvalue weighted by atomic mass is 16.5. The molecule has 3 atom stereocenters. The predicted octanol–water partition coefficient (Wildman–Crippen LogP) is 5.94. The van der Waals surface area contributed by atoms with Gasteiger partial charge in [-0.15, -0.1) is 0 Å². The summed E-state index contributed by atoms with van der Waals surface area (Å²) in [5, 5.41) is 0. The van der Waals surface area contributed by atoms with Crippen molar-refractivity contribution in [2.24, 2.45) is 5.41 Å². The van der Waals surface area contributed by atoms with Gasteiger partial charge in [0.05, 0.1) is 18.8 Å². The molecule has 43 heavy (non-hydrogen) atoms. The summed E-state index contributed by atoms with van der Waals surface area (Å²) in [6, 6.07) is 26.4. The van der Waals surface area contributed by atoms with Crippen LogP contribution >= 0.6 is 0 Å². The molecule has 0 amide bonds. The van der Waals surface area contributed by atoms with Gasteiger partial charge in [-0.1, -0.05) is 91.0 Å². The second kappa shape index (κ2) is 9.91. The minimum atomic E-state index is -1.66. The molecule has 2 heterocycles. The molecule has 0 unspecified atom stereocenters. The maximum atomic E-state index is 14.8. The SMILES string of the molecule is COc1ccc([C@@H]2[C@@H](C(=O)c3ccccc3)N3c4c(cccc4OC(C)=O)C=C[C@@H]3C23C(=O)c2ccccc2C3=O)cc1. The van der Waals surface area contributed by atoms with Gasteiger partial charge in [-0.2, -0.15) is 0 Å². The smallest absolute Gasteiger partial charge is 0.308 e. The van der Waals surface area contributed by atoms with Crippen molar-refractivity contribution < 1.29 is 28.7 Å². The number of anilines is 1. The van der Waals surface area contributed by atoms with Gasteiger partial charge in [0, 0.05) is 35.1 Å². The third-order valence-electron chi connectivity index (χ3n) is 8.84. The van der Waals surface area contributed by atoms with Crippen molar-refractivity contribution in [1.82, 2.24) is 0 Å². The first-order valence-electron chi connectivity index (χ1n) is 14.1. The van der Waals surface area contributed by atoms with E-state index < -0.39 is 29.4 Å². The molecule has 1 saturated heterocycles. The molecule has 7 rings (SSSR count). The number of esters is 1. The number of hydrogen-bond donors (Lipinski definition) is 0. The predicted molar refractivity (Wildman–Crippen MR) is 161 cm³/mol. The summed E-state index contributed by atoms with van der Waals surface area (Å²) < 4.78 is 11.1. The Morgan fingerprint density at radius 2 is 1.44 bits per heavy atom. The van der Waals surface area contributed by atoms with Crippen molar-refractivity contribution in [3.05, 3.63) is 131 Å². The number of ketones is 3. The Kier molecular flexibility index (Phi) is 6.13. The molecule has 1 fully saturated rings. The van der Waals surface area contributed by atoms with E-state index in [0.29, 0.717) is 39.3 Å². The normalized spacial score (nSPS) is 20.9. The number of para-hydroxylation sites is 1. The van der Waals surface area contributed by atoms with Crippen molar-refractivity contribution in [2.45, 2.75) is 24.9 Å². The largest absolute Gasteiger partial charge is 0.497 e. The zero-order valence-corrected chi connectivity index (χ0v) is 23.5. The van der Waals surface area contributed by atoms with Crippen LogP contribution in [0.5, 0.6) is 11.5 Å². The topological polar surface area (TPSA) is 90.0 Å². The van der Waals surface area contributed by atoms with Crippen LogP contribution in [0.25, 0.3) is 6.08 Å². The summed E-state index contributed by atoms with van der Waals surface area (Å²) in [5.41, 5.74) is 1.31. The fourth-order valence-electron chi connectivity index (χ4n) is 7.18. The molecule has 0 saturated carbocycles. The molecule has 212 valence electrons. The molecule has 0 aromatic heterocycles. The van der Waals surface area contributed by atoms with E-state index in [-0.39, 0.29) is 23.1 Å². The van der Waals surface area contributed by atoms with E-state index in [2.05, 4.69) is 0 Å². The monoisotopic (exact) mass is 569 g/mol. The Morgan fingerprint density at radius 3 is 2.07 bits per heavy atom. The Labute approximate surface area is 248 Å². The van der Waals surface area contributed by atoms with Crippen molar-refractivity contribution >= 4 is 35.1 Å². The number of hydrogen-bond acceptors (Lipinski definition) is 7. The first-order chi connectivity index (χ1) is 20.9. The Balaban J connectivity index is 1.56. The van der Waals surface area contributed by atoms with E-state index >= 15 is 0 Å².